The SMILES string of the molecule is CCCCCCCCCCCC#Cc1ccc2c(c1)oc1cc3c(cc12)oc1cc(C#CCCCCCCCCCCC)ccc13. The highest BCUT2D eigenvalue weighted by Crippen LogP contribution is 2.37. The minimum absolute atomic E-state index is 0.881. The fourth-order valence-electron chi connectivity index (χ4n) is 6.58. The summed E-state index contributed by atoms with van der Waals surface area (Å²) in [6.45, 7) is 4.56. The van der Waals surface area contributed by atoms with Crippen LogP contribution in [0.25, 0.3) is 43.9 Å². The maximum atomic E-state index is 6.34. The lowest BCUT2D eigenvalue weighted by molar-refractivity contribution is 0.567. The van der Waals surface area contributed by atoms with Gasteiger partial charge in [-0.25, -0.2) is 0 Å². The van der Waals surface area contributed by atoms with E-state index in [4.69, 9.17) is 8.83 Å². The van der Waals surface area contributed by atoms with Gasteiger partial charge in [-0.2, -0.15) is 0 Å². The summed E-state index contributed by atoms with van der Waals surface area (Å²) >= 11 is 0. The van der Waals surface area contributed by atoms with Crippen molar-refractivity contribution in [2.45, 2.75) is 142 Å². The zero-order chi connectivity index (χ0) is 31.8. The molecule has 0 unspecified atom stereocenters. The van der Waals surface area contributed by atoms with Crippen LogP contribution in [0.2, 0.25) is 0 Å². The summed E-state index contributed by atoms with van der Waals surface area (Å²) in [4.78, 5) is 0. The van der Waals surface area contributed by atoms with E-state index in [0.717, 1.165) is 67.8 Å². The largest absolute Gasteiger partial charge is 0.456 e. The van der Waals surface area contributed by atoms with Crippen molar-refractivity contribution in [1.29, 1.82) is 0 Å². The lowest BCUT2D eigenvalue weighted by Crippen LogP contribution is -1.81. The molecule has 2 nitrogen and oxygen atoms in total. The van der Waals surface area contributed by atoms with Crippen LogP contribution in [-0.4, -0.2) is 0 Å². The molecule has 0 amide bonds. The van der Waals surface area contributed by atoms with Crippen LogP contribution in [0, 0.1) is 23.7 Å². The smallest absolute Gasteiger partial charge is 0.136 e. The molecule has 2 aromatic heterocycles. The number of hydrogen-bond acceptors (Lipinski definition) is 2. The van der Waals surface area contributed by atoms with Crippen molar-refractivity contribution in [1.82, 2.24) is 0 Å². The quantitative estimate of drug-likeness (QED) is 0.0725. The molecule has 0 N–H and O–H groups in total. The van der Waals surface area contributed by atoms with E-state index in [0.29, 0.717) is 0 Å². The van der Waals surface area contributed by atoms with Crippen LogP contribution < -0.4 is 0 Å². The number of hydrogen-bond donors (Lipinski definition) is 0. The Morgan fingerprint density at radius 1 is 0.391 bits per heavy atom. The first kappa shape index (κ1) is 33.7. The van der Waals surface area contributed by atoms with Gasteiger partial charge in [0.15, 0.2) is 0 Å². The van der Waals surface area contributed by atoms with Crippen molar-refractivity contribution in [3.05, 3.63) is 59.7 Å². The van der Waals surface area contributed by atoms with Gasteiger partial charge in [0, 0.05) is 45.5 Å². The molecule has 5 rings (SSSR count). The Bertz CT molecular complexity index is 1660. The van der Waals surface area contributed by atoms with E-state index in [2.05, 4.69) is 86.1 Å². The molecule has 0 saturated carbocycles. The second-order valence-electron chi connectivity index (χ2n) is 13.2. The minimum Gasteiger partial charge on any atom is -0.456 e. The predicted molar refractivity (Wildman–Crippen MR) is 198 cm³/mol. The summed E-state index contributed by atoms with van der Waals surface area (Å²) in [7, 11) is 0. The molecule has 2 heteroatoms. The van der Waals surface area contributed by atoms with Crippen LogP contribution in [-0.2, 0) is 0 Å². The molecular formula is C44H54O2. The molecule has 0 aliphatic carbocycles. The first-order valence-electron chi connectivity index (χ1n) is 18.6. The molecule has 3 aromatic carbocycles. The van der Waals surface area contributed by atoms with E-state index in [1.54, 1.807) is 0 Å². The molecule has 0 spiro atoms. The zero-order valence-electron chi connectivity index (χ0n) is 28.6. The standard InChI is InChI=1S/C44H54O2/c1-3-5-7-9-11-13-15-17-19-21-23-25-35-27-29-37-39-33-44-40(34-43(39)45-41(37)31-35)38-30-28-36(32-42(38)46-44)26-24-22-20-18-16-14-12-10-8-6-4-2/h27-34H,3-22H2,1-2H3. The average molecular weight is 615 g/mol. The maximum absolute atomic E-state index is 6.34. The lowest BCUT2D eigenvalue weighted by Gasteiger charge is -2.00. The summed E-state index contributed by atoms with van der Waals surface area (Å²) in [5, 5.41) is 4.36. The Morgan fingerprint density at radius 2 is 0.739 bits per heavy atom. The Labute approximate surface area is 277 Å². The number of benzene rings is 3. The molecule has 0 bridgehead atoms. The first-order chi connectivity index (χ1) is 22.8. The molecule has 2 heterocycles. The monoisotopic (exact) mass is 614 g/mol. The number of furan rings is 2. The summed E-state index contributed by atoms with van der Waals surface area (Å²) in [5.74, 6) is 13.5. The summed E-state index contributed by atoms with van der Waals surface area (Å²) in [6.07, 6.45) is 26.1. The second-order valence-corrected chi connectivity index (χ2v) is 13.2. The molecule has 0 fully saturated rings. The Balaban J connectivity index is 1.14. The van der Waals surface area contributed by atoms with Crippen LogP contribution in [0.5, 0.6) is 0 Å². The molecule has 0 atom stereocenters. The molecule has 0 aliphatic heterocycles. The Kier molecular flexibility index (Phi) is 13.6. The number of rotatable bonds is 18. The summed E-state index contributed by atoms with van der Waals surface area (Å²) < 4.78 is 12.7. The molecule has 5 aromatic rings. The van der Waals surface area contributed by atoms with Gasteiger partial charge in [0.2, 0.25) is 0 Å². The minimum atomic E-state index is 0.881. The normalized spacial score (nSPS) is 11.3. The molecular weight excluding hydrogens is 560 g/mol. The van der Waals surface area contributed by atoms with E-state index < -0.39 is 0 Å². The van der Waals surface area contributed by atoms with Crippen molar-refractivity contribution in [2.24, 2.45) is 0 Å². The zero-order valence-corrected chi connectivity index (χ0v) is 28.6. The predicted octanol–water partition coefficient (Wildman–Crippen LogP) is 14.0. The third-order valence-electron chi connectivity index (χ3n) is 9.34. The van der Waals surface area contributed by atoms with Gasteiger partial charge in [0.25, 0.3) is 0 Å². The van der Waals surface area contributed by atoms with Gasteiger partial charge < -0.3 is 8.83 Å². The van der Waals surface area contributed by atoms with Crippen LogP contribution >= 0.6 is 0 Å². The fraction of sp³-hybridized carbons (Fsp3) is 0.500. The highest BCUT2D eigenvalue weighted by molar-refractivity contribution is 6.14. The van der Waals surface area contributed by atoms with Crippen molar-refractivity contribution in [3.8, 4) is 23.7 Å². The van der Waals surface area contributed by atoms with Gasteiger partial charge in [-0.15, -0.1) is 0 Å². The molecule has 0 aliphatic rings. The summed E-state index contributed by atoms with van der Waals surface area (Å²) in [6, 6.07) is 16.9. The number of fused-ring (bicyclic) bond motifs is 6. The van der Waals surface area contributed by atoms with Crippen molar-refractivity contribution in [3.63, 3.8) is 0 Å². The molecule has 0 radical (unpaired) electrons. The van der Waals surface area contributed by atoms with E-state index in [1.807, 2.05) is 0 Å². The van der Waals surface area contributed by atoms with Gasteiger partial charge >= 0.3 is 0 Å². The van der Waals surface area contributed by atoms with Crippen molar-refractivity contribution >= 4 is 43.9 Å². The third-order valence-corrected chi connectivity index (χ3v) is 9.34. The van der Waals surface area contributed by atoms with Crippen LogP contribution in [0.1, 0.15) is 153 Å². The van der Waals surface area contributed by atoms with Gasteiger partial charge in [0.1, 0.15) is 22.3 Å². The second kappa shape index (κ2) is 18.5. The van der Waals surface area contributed by atoms with Crippen molar-refractivity contribution in [2.75, 3.05) is 0 Å². The van der Waals surface area contributed by atoms with Crippen LogP contribution in [0.3, 0.4) is 0 Å². The fourth-order valence-corrected chi connectivity index (χ4v) is 6.58. The van der Waals surface area contributed by atoms with Gasteiger partial charge in [-0.1, -0.05) is 140 Å². The van der Waals surface area contributed by atoms with Gasteiger partial charge in [0.05, 0.1) is 0 Å². The van der Waals surface area contributed by atoms with Crippen LogP contribution in [0.4, 0.5) is 0 Å². The Morgan fingerprint density at radius 3 is 1.13 bits per heavy atom. The molecule has 46 heavy (non-hydrogen) atoms. The van der Waals surface area contributed by atoms with Gasteiger partial charge in [-0.3, -0.25) is 0 Å². The highest BCUT2D eigenvalue weighted by Gasteiger charge is 2.14. The van der Waals surface area contributed by atoms with E-state index in [1.165, 1.54) is 116 Å². The lowest BCUT2D eigenvalue weighted by atomic mass is 10.1. The maximum Gasteiger partial charge on any atom is 0.136 e. The molecule has 0 saturated heterocycles. The van der Waals surface area contributed by atoms with Gasteiger partial charge in [-0.05, 0) is 61.4 Å². The van der Waals surface area contributed by atoms with Crippen LogP contribution in [0.15, 0.2) is 57.4 Å². The van der Waals surface area contributed by atoms with Crippen molar-refractivity contribution < 1.29 is 8.83 Å². The van der Waals surface area contributed by atoms with E-state index in [-0.39, 0.29) is 0 Å². The summed E-state index contributed by atoms with van der Waals surface area (Å²) in [5.41, 5.74) is 5.56. The highest BCUT2D eigenvalue weighted by atomic mass is 16.3. The average Bonchev–Trinajstić information content (AvgIpc) is 3.61. The Hall–Kier alpha value is -3.62. The van der Waals surface area contributed by atoms with E-state index >= 15 is 0 Å². The first-order valence-corrected chi connectivity index (χ1v) is 18.6. The van der Waals surface area contributed by atoms with E-state index in [9.17, 15) is 0 Å². The topological polar surface area (TPSA) is 26.3 Å². The molecule has 242 valence electrons. The third kappa shape index (κ3) is 9.69. The number of unbranched alkanes of at least 4 members (excludes halogenated alkanes) is 18.